The van der Waals surface area contributed by atoms with E-state index in [0.29, 0.717) is 5.92 Å². The fourth-order valence-electron chi connectivity index (χ4n) is 2.48. The monoisotopic (exact) mass is 311 g/mol. The summed E-state index contributed by atoms with van der Waals surface area (Å²) in [5.41, 5.74) is 0.234. The van der Waals surface area contributed by atoms with Crippen LogP contribution >= 0.6 is 11.6 Å². The largest absolute Gasteiger partial charge is 0.381 e. The lowest BCUT2D eigenvalue weighted by Gasteiger charge is -2.09. The van der Waals surface area contributed by atoms with Crippen LogP contribution in [-0.4, -0.2) is 23.9 Å². The molecule has 1 aromatic rings. The molecule has 21 heavy (non-hydrogen) atoms. The van der Waals surface area contributed by atoms with Crippen molar-refractivity contribution in [3.05, 3.63) is 32.8 Å². The molecular formula is C14H18ClN3O3. The fraction of sp³-hybridized carbons (Fsp3) is 0.500. The number of anilines is 1. The lowest BCUT2D eigenvalue weighted by Crippen LogP contribution is -2.27. The molecule has 1 fully saturated rings. The molecule has 1 saturated carbocycles. The lowest BCUT2D eigenvalue weighted by atomic mass is 10.1. The Morgan fingerprint density at radius 2 is 2.24 bits per heavy atom. The molecule has 114 valence electrons. The molecule has 1 aliphatic carbocycles. The molecule has 2 rings (SSSR count). The van der Waals surface area contributed by atoms with Crippen LogP contribution in [0.25, 0.3) is 0 Å². The Kier molecular flexibility index (Phi) is 4.67. The first-order valence-electron chi connectivity index (χ1n) is 6.94. The van der Waals surface area contributed by atoms with Gasteiger partial charge in [-0.2, -0.15) is 0 Å². The molecule has 1 aromatic carbocycles. The van der Waals surface area contributed by atoms with E-state index in [1.807, 2.05) is 0 Å². The summed E-state index contributed by atoms with van der Waals surface area (Å²) in [4.78, 5) is 22.7. The first-order chi connectivity index (χ1) is 9.97. The number of nitrogens with one attached hydrogen (secondary N) is 2. The summed E-state index contributed by atoms with van der Waals surface area (Å²) in [5, 5.41) is 16.8. The van der Waals surface area contributed by atoms with Gasteiger partial charge in [0.1, 0.15) is 5.69 Å². The topological polar surface area (TPSA) is 84.3 Å². The van der Waals surface area contributed by atoms with Crippen molar-refractivity contribution in [1.29, 1.82) is 0 Å². The molecule has 0 saturated heterocycles. The average Bonchev–Trinajstić information content (AvgIpc) is 3.15. The summed E-state index contributed by atoms with van der Waals surface area (Å²) in [7, 11) is 1.55. The Hall–Kier alpha value is -1.82. The number of nitro groups is 1. The van der Waals surface area contributed by atoms with Gasteiger partial charge in [-0.25, -0.2) is 0 Å². The van der Waals surface area contributed by atoms with Crippen LogP contribution in [0, 0.1) is 16.0 Å². The number of halogens is 1. The van der Waals surface area contributed by atoms with Crippen LogP contribution in [0.5, 0.6) is 0 Å². The zero-order valence-corrected chi connectivity index (χ0v) is 12.7. The van der Waals surface area contributed by atoms with E-state index in [9.17, 15) is 14.9 Å². The van der Waals surface area contributed by atoms with Crippen LogP contribution in [0.2, 0.25) is 5.02 Å². The number of amides is 1. The van der Waals surface area contributed by atoms with Gasteiger partial charge in [0, 0.05) is 24.7 Å². The number of hydrogen-bond donors (Lipinski definition) is 2. The molecular weight excluding hydrogens is 294 g/mol. The van der Waals surface area contributed by atoms with Crippen LogP contribution in [0.1, 0.15) is 36.5 Å². The smallest absolute Gasteiger partial charge is 0.294 e. The molecule has 0 bridgehead atoms. The number of hydrogen-bond acceptors (Lipinski definition) is 4. The highest BCUT2D eigenvalue weighted by Crippen LogP contribution is 2.36. The molecule has 2 atom stereocenters. The van der Waals surface area contributed by atoms with Crippen molar-refractivity contribution in [3.8, 4) is 0 Å². The number of rotatable bonds is 6. The van der Waals surface area contributed by atoms with Crippen molar-refractivity contribution in [3.63, 3.8) is 0 Å². The molecule has 0 heterocycles. The quantitative estimate of drug-likeness (QED) is 0.624. The van der Waals surface area contributed by atoms with Gasteiger partial charge in [0.05, 0.1) is 9.95 Å². The predicted octanol–water partition coefficient (Wildman–Crippen LogP) is 3.21. The van der Waals surface area contributed by atoms with Gasteiger partial charge in [0.2, 0.25) is 0 Å². The van der Waals surface area contributed by atoms with E-state index in [1.54, 1.807) is 7.05 Å². The number of carbonyl (C=O) groups is 1. The summed E-state index contributed by atoms with van der Waals surface area (Å²) in [6.45, 7) is 2.11. The van der Waals surface area contributed by atoms with Crippen molar-refractivity contribution in [2.45, 2.75) is 32.2 Å². The zero-order valence-electron chi connectivity index (χ0n) is 12.0. The standard InChI is InChI=1S/C14H18ClN3O3/c1-3-4-8-6-11(8)17-14(19)9-5-10(15)13(16-2)12(7-9)18(20)21/h5,7-8,11,16H,3-4,6H2,1-2H3,(H,17,19). The van der Waals surface area contributed by atoms with E-state index < -0.39 is 4.92 Å². The molecule has 1 aliphatic rings. The van der Waals surface area contributed by atoms with E-state index in [4.69, 9.17) is 11.6 Å². The Bertz CT molecular complexity index is 577. The van der Waals surface area contributed by atoms with Crippen molar-refractivity contribution >= 4 is 28.9 Å². The predicted molar refractivity (Wildman–Crippen MR) is 81.9 cm³/mol. The molecule has 7 heteroatoms. The number of benzene rings is 1. The van der Waals surface area contributed by atoms with Crippen molar-refractivity contribution in [2.24, 2.45) is 5.92 Å². The number of nitro benzene ring substituents is 1. The normalized spacial score (nSPS) is 20.0. The SMILES string of the molecule is CCCC1CC1NC(=O)c1cc(Cl)c(NC)c([N+](=O)[O-])c1. The number of carbonyl (C=O) groups excluding carboxylic acids is 1. The second kappa shape index (κ2) is 6.30. The maximum absolute atomic E-state index is 12.2. The maximum atomic E-state index is 12.2. The molecule has 1 amide bonds. The average molecular weight is 312 g/mol. The van der Waals surface area contributed by atoms with Crippen LogP contribution in [0.15, 0.2) is 12.1 Å². The van der Waals surface area contributed by atoms with Crippen LogP contribution in [-0.2, 0) is 0 Å². The highest BCUT2D eigenvalue weighted by atomic mass is 35.5. The highest BCUT2D eigenvalue weighted by molar-refractivity contribution is 6.34. The Morgan fingerprint density at radius 1 is 1.52 bits per heavy atom. The third-order valence-electron chi connectivity index (χ3n) is 3.68. The van der Waals surface area contributed by atoms with E-state index >= 15 is 0 Å². The Morgan fingerprint density at radius 3 is 2.81 bits per heavy atom. The molecule has 6 nitrogen and oxygen atoms in total. The lowest BCUT2D eigenvalue weighted by molar-refractivity contribution is -0.383. The third-order valence-corrected chi connectivity index (χ3v) is 3.97. The minimum atomic E-state index is -0.550. The van der Waals surface area contributed by atoms with E-state index in [0.717, 1.165) is 19.3 Å². The summed E-state index contributed by atoms with van der Waals surface area (Å²) in [6, 6.07) is 2.89. The first kappa shape index (κ1) is 15.6. The molecule has 2 N–H and O–H groups in total. The molecule has 2 unspecified atom stereocenters. The van der Waals surface area contributed by atoms with Crippen LogP contribution in [0.4, 0.5) is 11.4 Å². The molecule has 0 aromatic heterocycles. The van der Waals surface area contributed by atoms with Crippen LogP contribution in [0.3, 0.4) is 0 Å². The van der Waals surface area contributed by atoms with Gasteiger partial charge < -0.3 is 10.6 Å². The number of nitrogens with zero attached hydrogens (tertiary/aromatic N) is 1. The zero-order chi connectivity index (χ0) is 15.6. The van der Waals surface area contributed by atoms with Crippen molar-refractivity contribution < 1.29 is 9.72 Å². The Labute approximate surface area is 128 Å². The molecule has 0 aliphatic heterocycles. The van der Waals surface area contributed by atoms with Gasteiger partial charge in [0.25, 0.3) is 11.6 Å². The summed E-state index contributed by atoms with van der Waals surface area (Å²) in [6.07, 6.45) is 3.15. The van der Waals surface area contributed by atoms with Gasteiger partial charge in [-0.1, -0.05) is 24.9 Å². The van der Waals surface area contributed by atoms with Crippen LogP contribution < -0.4 is 10.6 Å². The van der Waals surface area contributed by atoms with E-state index in [-0.39, 0.29) is 33.9 Å². The van der Waals surface area contributed by atoms with Gasteiger partial charge in [0.15, 0.2) is 0 Å². The van der Waals surface area contributed by atoms with Crippen molar-refractivity contribution in [2.75, 3.05) is 12.4 Å². The van der Waals surface area contributed by atoms with Gasteiger partial charge in [-0.15, -0.1) is 0 Å². The second-order valence-corrected chi connectivity index (χ2v) is 5.63. The highest BCUT2D eigenvalue weighted by Gasteiger charge is 2.37. The van der Waals surface area contributed by atoms with Crippen molar-refractivity contribution in [1.82, 2.24) is 5.32 Å². The van der Waals surface area contributed by atoms with Gasteiger partial charge >= 0.3 is 0 Å². The summed E-state index contributed by atoms with van der Waals surface area (Å²) >= 11 is 6.01. The molecule has 0 spiro atoms. The summed E-state index contributed by atoms with van der Waals surface area (Å²) < 4.78 is 0. The Balaban J connectivity index is 2.16. The van der Waals surface area contributed by atoms with Gasteiger partial charge in [-0.3, -0.25) is 14.9 Å². The molecule has 0 radical (unpaired) electrons. The second-order valence-electron chi connectivity index (χ2n) is 5.22. The van der Waals surface area contributed by atoms with E-state index in [2.05, 4.69) is 17.6 Å². The first-order valence-corrected chi connectivity index (χ1v) is 7.32. The minimum absolute atomic E-state index is 0.165. The van der Waals surface area contributed by atoms with E-state index in [1.165, 1.54) is 12.1 Å². The van der Waals surface area contributed by atoms with Gasteiger partial charge in [-0.05, 0) is 24.8 Å². The third kappa shape index (κ3) is 3.44. The summed E-state index contributed by atoms with van der Waals surface area (Å²) in [5.74, 6) is 0.215. The minimum Gasteiger partial charge on any atom is -0.381 e. The maximum Gasteiger partial charge on any atom is 0.294 e. The fourth-order valence-corrected chi connectivity index (χ4v) is 2.79.